The van der Waals surface area contributed by atoms with E-state index in [-0.39, 0.29) is 6.04 Å². The molecule has 0 bridgehead atoms. The molecule has 1 nitrogen and oxygen atoms in total. The normalized spacial score (nSPS) is 12.2. The molecule has 0 aromatic heterocycles. The molecule has 0 aliphatic carbocycles. The molecule has 0 aliphatic heterocycles. The van der Waals surface area contributed by atoms with Gasteiger partial charge in [0.15, 0.2) is 0 Å². The van der Waals surface area contributed by atoms with Crippen LogP contribution in [0.4, 0.5) is 14.5 Å². The van der Waals surface area contributed by atoms with Crippen LogP contribution in [0.2, 0.25) is 0 Å². The molecule has 2 aromatic carbocycles. The van der Waals surface area contributed by atoms with E-state index in [9.17, 15) is 8.78 Å². The van der Waals surface area contributed by atoms with Gasteiger partial charge in [0, 0.05) is 6.07 Å². The second kappa shape index (κ2) is 7.04. The summed E-state index contributed by atoms with van der Waals surface area (Å²) >= 11 is 0. The minimum atomic E-state index is -0.558. The van der Waals surface area contributed by atoms with Gasteiger partial charge >= 0.3 is 0 Å². The summed E-state index contributed by atoms with van der Waals surface area (Å²) in [4.78, 5) is 0. The summed E-state index contributed by atoms with van der Waals surface area (Å²) in [6.45, 7) is 2.13. The summed E-state index contributed by atoms with van der Waals surface area (Å²) in [5.74, 6) is -1.11. The highest BCUT2D eigenvalue weighted by atomic mass is 19.1. The van der Waals surface area contributed by atoms with Gasteiger partial charge in [0.25, 0.3) is 0 Å². The first-order valence-electron chi connectivity index (χ1n) is 6.97. The number of unbranched alkanes of at least 4 members (excludes halogenated alkanes) is 1. The fourth-order valence-electron chi connectivity index (χ4n) is 2.21. The van der Waals surface area contributed by atoms with E-state index in [1.165, 1.54) is 12.1 Å². The Morgan fingerprint density at radius 3 is 2.45 bits per heavy atom. The minimum absolute atomic E-state index is 0.0381. The Bertz CT molecular complexity index is 540. The van der Waals surface area contributed by atoms with Crippen LogP contribution < -0.4 is 5.32 Å². The molecule has 0 spiro atoms. The van der Waals surface area contributed by atoms with Crippen LogP contribution in [0.15, 0.2) is 48.5 Å². The zero-order valence-corrected chi connectivity index (χ0v) is 11.6. The summed E-state index contributed by atoms with van der Waals surface area (Å²) in [5.41, 5.74) is 1.46. The van der Waals surface area contributed by atoms with Gasteiger partial charge in [-0.3, -0.25) is 0 Å². The van der Waals surface area contributed by atoms with Crippen molar-refractivity contribution in [3.05, 3.63) is 65.7 Å². The molecule has 0 amide bonds. The molecule has 2 aromatic rings. The molecule has 3 heteroatoms. The highest BCUT2D eigenvalue weighted by Crippen LogP contribution is 2.26. The highest BCUT2D eigenvalue weighted by molar-refractivity contribution is 5.47. The van der Waals surface area contributed by atoms with Crippen molar-refractivity contribution in [1.82, 2.24) is 0 Å². The third-order valence-electron chi connectivity index (χ3n) is 3.31. The Balaban J connectivity index is 2.19. The third kappa shape index (κ3) is 3.80. The maximum absolute atomic E-state index is 13.7. The maximum atomic E-state index is 13.7. The van der Waals surface area contributed by atoms with Gasteiger partial charge in [-0.15, -0.1) is 0 Å². The molecule has 2 rings (SSSR count). The van der Waals surface area contributed by atoms with Gasteiger partial charge in [-0.05, 0) is 24.1 Å². The van der Waals surface area contributed by atoms with E-state index in [1.54, 1.807) is 0 Å². The molecule has 1 atom stereocenters. The fraction of sp³-hybridized carbons (Fsp3) is 0.294. The van der Waals surface area contributed by atoms with Gasteiger partial charge in [-0.2, -0.15) is 0 Å². The lowest BCUT2D eigenvalue weighted by molar-refractivity contribution is 0.578. The first-order chi connectivity index (χ1) is 9.70. The van der Waals surface area contributed by atoms with Gasteiger partial charge in [-0.1, -0.05) is 50.1 Å². The smallest absolute Gasteiger partial charge is 0.149 e. The van der Waals surface area contributed by atoms with E-state index >= 15 is 0 Å². The molecule has 0 heterocycles. The number of nitrogens with one attached hydrogen (secondary N) is 1. The largest absolute Gasteiger partial charge is 0.376 e. The van der Waals surface area contributed by atoms with Crippen LogP contribution in [0.5, 0.6) is 0 Å². The quantitative estimate of drug-likeness (QED) is 0.753. The SMILES string of the molecule is CCCCC(Nc1ccc(F)cc1F)c1ccccc1. The van der Waals surface area contributed by atoms with Crippen molar-refractivity contribution in [2.24, 2.45) is 0 Å². The van der Waals surface area contributed by atoms with Crippen molar-refractivity contribution in [2.45, 2.75) is 32.2 Å². The fourth-order valence-corrected chi connectivity index (χ4v) is 2.21. The van der Waals surface area contributed by atoms with E-state index in [0.717, 1.165) is 30.9 Å². The van der Waals surface area contributed by atoms with Gasteiger partial charge < -0.3 is 5.32 Å². The number of hydrogen-bond acceptors (Lipinski definition) is 1. The summed E-state index contributed by atoms with van der Waals surface area (Å²) in [5, 5.41) is 3.18. The Kier molecular flexibility index (Phi) is 5.10. The van der Waals surface area contributed by atoms with Crippen LogP contribution >= 0.6 is 0 Å². The van der Waals surface area contributed by atoms with Crippen molar-refractivity contribution in [2.75, 3.05) is 5.32 Å². The number of anilines is 1. The number of rotatable bonds is 6. The summed E-state index contributed by atoms with van der Waals surface area (Å²) in [6, 6.07) is 13.6. The van der Waals surface area contributed by atoms with Crippen LogP contribution in [0, 0.1) is 11.6 Å². The third-order valence-corrected chi connectivity index (χ3v) is 3.31. The summed E-state index contributed by atoms with van der Waals surface area (Å²) in [6.07, 6.45) is 3.05. The summed E-state index contributed by atoms with van der Waals surface area (Å²) < 4.78 is 26.7. The Labute approximate surface area is 118 Å². The lowest BCUT2D eigenvalue weighted by Crippen LogP contribution is -2.12. The number of halogens is 2. The van der Waals surface area contributed by atoms with E-state index < -0.39 is 11.6 Å². The molecule has 0 saturated carbocycles. The standard InChI is InChI=1S/C17H19F2N/c1-2-3-9-16(13-7-5-4-6-8-13)20-17-11-10-14(18)12-15(17)19/h4-8,10-12,16,20H,2-3,9H2,1H3. The molecule has 20 heavy (non-hydrogen) atoms. The van der Waals surface area contributed by atoms with E-state index in [4.69, 9.17) is 0 Å². The molecule has 106 valence electrons. The van der Waals surface area contributed by atoms with Crippen molar-refractivity contribution in [3.8, 4) is 0 Å². The van der Waals surface area contributed by atoms with Crippen molar-refractivity contribution in [3.63, 3.8) is 0 Å². The second-order valence-electron chi connectivity index (χ2n) is 4.87. The minimum Gasteiger partial charge on any atom is -0.376 e. The molecule has 1 unspecified atom stereocenters. The average Bonchev–Trinajstić information content (AvgIpc) is 2.46. The molecule has 0 fully saturated rings. The molecular weight excluding hydrogens is 256 g/mol. The van der Waals surface area contributed by atoms with Crippen LogP contribution in [-0.4, -0.2) is 0 Å². The molecule has 0 aliphatic rings. The van der Waals surface area contributed by atoms with Gasteiger partial charge in [-0.25, -0.2) is 8.78 Å². The summed E-state index contributed by atoms with van der Waals surface area (Å²) in [7, 11) is 0. The Morgan fingerprint density at radius 2 is 1.80 bits per heavy atom. The van der Waals surface area contributed by atoms with Crippen molar-refractivity contribution in [1.29, 1.82) is 0 Å². The van der Waals surface area contributed by atoms with E-state index in [0.29, 0.717) is 5.69 Å². The maximum Gasteiger partial charge on any atom is 0.149 e. The van der Waals surface area contributed by atoms with Gasteiger partial charge in [0.2, 0.25) is 0 Å². The topological polar surface area (TPSA) is 12.0 Å². The van der Waals surface area contributed by atoms with E-state index in [2.05, 4.69) is 12.2 Å². The lowest BCUT2D eigenvalue weighted by atomic mass is 10.0. The van der Waals surface area contributed by atoms with Crippen LogP contribution in [-0.2, 0) is 0 Å². The number of benzene rings is 2. The first-order valence-corrected chi connectivity index (χ1v) is 6.97. The van der Waals surface area contributed by atoms with Gasteiger partial charge in [0.1, 0.15) is 11.6 Å². The molecular formula is C17H19F2N. The van der Waals surface area contributed by atoms with Gasteiger partial charge in [0.05, 0.1) is 11.7 Å². The molecule has 1 N–H and O–H groups in total. The lowest BCUT2D eigenvalue weighted by Gasteiger charge is -2.20. The molecule has 0 radical (unpaired) electrons. The molecule has 0 saturated heterocycles. The highest BCUT2D eigenvalue weighted by Gasteiger charge is 2.13. The first kappa shape index (κ1) is 14.5. The van der Waals surface area contributed by atoms with Crippen LogP contribution in [0.3, 0.4) is 0 Å². The average molecular weight is 275 g/mol. The zero-order valence-electron chi connectivity index (χ0n) is 11.6. The second-order valence-corrected chi connectivity index (χ2v) is 4.87. The predicted octanol–water partition coefficient (Wildman–Crippen LogP) is 5.31. The van der Waals surface area contributed by atoms with Crippen molar-refractivity contribution >= 4 is 5.69 Å². The Hall–Kier alpha value is -1.90. The zero-order chi connectivity index (χ0) is 14.4. The predicted molar refractivity (Wildman–Crippen MR) is 78.7 cm³/mol. The van der Waals surface area contributed by atoms with Crippen molar-refractivity contribution < 1.29 is 8.78 Å². The van der Waals surface area contributed by atoms with Crippen LogP contribution in [0.1, 0.15) is 37.8 Å². The monoisotopic (exact) mass is 275 g/mol. The number of hydrogen-bond donors (Lipinski definition) is 1. The van der Waals surface area contributed by atoms with E-state index in [1.807, 2.05) is 30.3 Å². The Morgan fingerprint density at radius 1 is 1.05 bits per heavy atom. The van der Waals surface area contributed by atoms with Crippen LogP contribution in [0.25, 0.3) is 0 Å².